The summed E-state index contributed by atoms with van der Waals surface area (Å²) < 4.78 is 7.59. The van der Waals surface area contributed by atoms with Gasteiger partial charge in [0.15, 0.2) is 0 Å². The smallest absolute Gasteiger partial charge is 0.257 e. The van der Waals surface area contributed by atoms with Gasteiger partial charge in [-0.3, -0.25) is 9.69 Å². The van der Waals surface area contributed by atoms with Crippen LogP contribution in [0.3, 0.4) is 0 Å². The number of benzene rings is 1. The molecular weight excluding hydrogens is 378 g/mol. The van der Waals surface area contributed by atoms with E-state index in [0.29, 0.717) is 11.3 Å². The third-order valence-corrected chi connectivity index (χ3v) is 6.60. The van der Waals surface area contributed by atoms with Crippen LogP contribution in [0, 0.1) is 19.3 Å². The van der Waals surface area contributed by atoms with Gasteiger partial charge in [0.1, 0.15) is 23.7 Å². The van der Waals surface area contributed by atoms with Crippen molar-refractivity contribution in [3.63, 3.8) is 0 Å². The number of carbonyl (C=O) groups is 1. The van der Waals surface area contributed by atoms with Gasteiger partial charge in [-0.15, -0.1) is 10.2 Å². The van der Waals surface area contributed by atoms with Gasteiger partial charge in [0, 0.05) is 51.1 Å². The number of rotatable bonds is 4. The molecule has 0 N–H and O–H groups in total. The van der Waals surface area contributed by atoms with E-state index < -0.39 is 0 Å². The van der Waals surface area contributed by atoms with Crippen molar-refractivity contribution >= 4 is 5.91 Å². The largest absolute Gasteiger partial charge is 0.466 e. The van der Waals surface area contributed by atoms with E-state index in [4.69, 9.17) is 4.42 Å². The van der Waals surface area contributed by atoms with Crippen molar-refractivity contribution in [2.75, 3.05) is 26.2 Å². The first kappa shape index (κ1) is 19.1. The molecule has 3 aromatic rings. The van der Waals surface area contributed by atoms with Crippen molar-refractivity contribution < 1.29 is 9.21 Å². The second-order valence-electron chi connectivity index (χ2n) is 8.86. The molecule has 0 aliphatic carbocycles. The molecule has 1 aromatic carbocycles. The van der Waals surface area contributed by atoms with Gasteiger partial charge in [-0.1, -0.05) is 30.3 Å². The monoisotopic (exact) mass is 405 g/mol. The van der Waals surface area contributed by atoms with Gasteiger partial charge in [-0.2, -0.15) is 0 Å². The Balaban J connectivity index is 1.37. The Kier molecular flexibility index (Phi) is 4.50. The fourth-order valence-corrected chi connectivity index (χ4v) is 5.19. The number of carbonyl (C=O) groups excluding carboxylic acids is 1. The summed E-state index contributed by atoms with van der Waals surface area (Å²) in [6, 6.07) is 12.4. The number of furan rings is 1. The number of hydrogen-bond acceptors (Lipinski definition) is 5. The second-order valence-corrected chi connectivity index (χ2v) is 8.86. The summed E-state index contributed by atoms with van der Waals surface area (Å²) in [4.78, 5) is 17.5. The topological polar surface area (TPSA) is 67.4 Å². The quantitative estimate of drug-likeness (QED) is 0.668. The molecule has 7 nitrogen and oxygen atoms in total. The summed E-state index contributed by atoms with van der Waals surface area (Å²) in [6.45, 7) is 7.99. The standard InChI is InChI=1S/C23H27N5O2/c1-16-9-19(17(2)30-16)22(29)28-13-23(14-28)12-27(10-18-7-5-4-6-8-18)11-20(23)21-25-24-15-26(21)3/h4-9,15,20H,10-14H2,1-3H3. The predicted octanol–water partition coefficient (Wildman–Crippen LogP) is 2.77. The SMILES string of the molecule is Cc1cc(C(=O)N2CC3(CN(Cc4ccccc4)CC3c3nncn3C)C2)c(C)o1. The molecule has 30 heavy (non-hydrogen) atoms. The van der Waals surface area contributed by atoms with Crippen LogP contribution in [0.2, 0.25) is 0 Å². The van der Waals surface area contributed by atoms with Crippen LogP contribution in [0.5, 0.6) is 0 Å². The Bertz CT molecular complexity index is 1060. The van der Waals surface area contributed by atoms with Crippen molar-refractivity contribution in [3.05, 3.63) is 71.2 Å². The molecule has 5 rings (SSSR count). The van der Waals surface area contributed by atoms with E-state index in [0.717, 1.165) is 44.3 Å². The van der Waals surface area contributed by atoms with Crippen LogP contribution in [-0.2, 0) is 13.6 Å². The summed E-state index contributed by atoms with van der Waals surface area (Å²) in [6.07, 6.45) is 1.77. The van der Waals surface area contributed by atoms with Gasteiger partial charge in [-0.25, -0.2) is 0 Å². The Labute approximate surface area is 176 Å². The first-order chi connectivity index (χ1) is 14.4. The van der Waals surface area contributed by atoms with Crippen LogP contribution in [0.15, 0.2) is 47.1 Å². The molecule has 2 fully saturated rings. The van der Waals surface area contributed by atoms with Gasteiger partial charge in [0.2, 0.25) is 0 Å². The first-order valence-electron chi connectivity index (χ1n) is 10.4. The van der Waals surface area contributed by atoms with Gasteiger partial charge in [-0.05, 0) is 25.5 Å². The Morgan fingerprint density at radius 2 is 1.97 bits per heavy atom. The van der Waals surface area contributed by atoms with E-state index in [1.165, 1.54) is 5.56 Å². The van der Waals surface area contributed by atoms with Crippen molar-refractivity contribution in [2.24, 2.45) is 12.5 Å². The molecule has 156 valence electrons. The minimum atomic E-state index is 0.0118. The normalized spacial score (nSPS) is 20.6. The van der Waals surface area contributed by atoms with Gasteiger partial charge in [0.25, 0.3) is 5.91 Å². The van der Waals surface area contributed by atoms with Crippen LogP contribution in [0.4, 0.5) is 0 Å². The maximum absolute atomic E-state index is 13.1. The maximum Gasteiger partial charge on any atom is 0.257 e. The van der Waals surface area contributed by atoms with E-state index in [-0.39, 0.29) is 17.2 Å². The molecule has 0 bridgehead atoms. The molecule has 2 aliphatic rings. The molecule has 2 aromatic heterocycles. The number of aromatic nitrogens is 3. The maximum atomic E-state index is 13.1. The van der Waals surface area contributed by atoms with Gasteiger partial charge < -0.3 is 13.9 Å². The van der Waals surface area contributed by atoms with E-state index in [1.807, 2.05) is 42.5 Å². The van der Waals surface area contributed by atoms with Crippen LogP contribution in [0.25, 0.3) is 0 Å². The van der Waals surface area contributed by atoms with Crippen LogP contribution in [-0.4, -0.2) is 56.7 Å². The first-order valence-corrected chi connectivity index (χ1v) is 10.4. The third kappa shape index (κ3) is 3.13. The Morgan fingerprint density at radius 3 is 2.60 bits per heavy atom. The van der Waals surface area contributed by atoms with Crippen LogP contribution >= 0.6 is 0 Å². The second kappa shape index (κ2) is 7.09. The third-order valence-electron chi connectivity index (χ3n) is 6.60. The average Bonchev–Trinajstić information content (AvgIpc) is 3.37. The van der Waals surface area contributed by atoms with E-state index in [2.05, 4.69) is 39.4 Å². The zero-order chi connectivity index (χ0) is 20.9. The molecule has 1 spiro atoms. The fourth-order valence-electron chi connectivity index (χ4n) is 5.19. The van der Waals surface area contributed by atoms with E-state index >= 15 is 0 Å². The summed E-state index contributed by atoms with van der Waals surface area (Å²) in [5, 5.41) is 8.55. The van der Waals surface area contributed by atoms with Crippen molar-refractivity contribution in [1.82, 2.24) is 24.6 Å². The number of aryl methyl sites for hydroxylation is 3. The molecular formula is C23H27N5O2. The Morgan fingerprint density at radius 1 is 1.20 bits per heavy atom. The van der Waals surface area contributed by atoms with Crippen LogP contribution in [0.1, 0.15) is 39.2 Å². The highest BCUT2D eigenvalue weighted by Crippen LogP contribution is 2.49. The van der Waals surface area contributed by atoms with E-state index in [9.17, 15) is 4.79 Å². The number of nitrogens with zero attached hydrogens (tertiary/aromatic N) is 5. The van der Waals surface area contributed by atoms with Crippen molar-refractivity contribution in [3.8, 4) is 0 Å². The highest BCUT2D eigenvalue weighted by atomic mass is 16.3. The van der Waals surface area contributed by atoms with Gasteiger partial charge >= 0.3 is 0 Å². The zero-order valence-corrected chi connectivity index (χ0v) is 17.7. The fraction of sp³-hybridized carbons (Fsp3) is 0.435. The lowest BCUT2D eigenvalue weighted by Gasteiger charge is -2.50. The lowest BCUT2D eigenvalue weighted by Crippen LogP contribution is -2.61. The number of likely N-dealkylation sites (tertiary alicyclic amines) is 2. The number of amides is 1. The summed E-state index contributed by atoms with van der Waals surface area (Å²) in [5.41, 5.74) is 2.00. The highest BCUT2D eigenvalue weighted by Gasteiger charge is 2.57. The molecule has 1 amide bonds. The molecule has 2 aliphatic heterocycles. The lowest BCUT2D eigenvalue weighted by molar-refractivity contribution is 0.00129. The Hall–Kier alpha value is -2.93. The molecule has 1 atom stereocenters. The summed E-state index contributed by atoms with van der Waals surface area (Å²) in [5.74, 6) is 2.80. The zero-order valence-electron chi connectivity index (χ0n) is 17.7. The molecule has 2 saturated heterocycles. The van der Waals surface area contributed by atoms with Gasteiger partial charge in [0.05, 0.1) is 5.56 Å². The summed E-state index contributed by atoms with van der Waals surface area (Å²) in [7, 11) is 2.00. The predicted molar refractivity (Wildman–Crippen MR) is 112 cm³/mol. The molecule has 7 heteroatoms. The van der Waals surface area contributed by atoms with Crippen LogP contribution < -0.4 is 0 Å². The highest BCUT2D eigenvalue weighted by molar-refractivity contribution is 5.96. The van der Waals surface area contributed by atoms with E-state index in [1.54, 1.807) is 6.33 Å². The van der Waals surface area contributed by atoms with Crippen molar-refractivity contribution in [2.45, 2.75) is 26.3 Å². The molecule has 4 heterocycles. The number of hydrogen-bond donors (Lipinski definition) is 0. The average molecular weight is 406 g/mol. The molecule has 0 saturated carbocycles. The van der Waals surface area contributed by atoms with Crippen molar-refractivity contribution in [1.29, 1.82) is 0 Å². The summed E-state index contributed by atoms with van der Waals surface area (Å²) >= 11 is 0. The molecule has 1 unspecified atom stereocenters. The minimum Gasteiger partial charge on any atom is -0.466 e. The molecule has 0 radical (unpaired) electrons. The lowest BCUT2D eigenvalue weighted by atomic mass is 9.71. The minimum absolute atomic E-state index is 0.0118.